The Morgan fingerprint density at radius 3 is 2.29 bits per heavy atom. The van der Waals surface area contributed by atoms with Crippen molar-refractivity contribution < 1.29 is 27.7 Å². The van der Waals surface area contributed by atoms with Crippen molar-refractivity contribution in [3.05, 3.63) is 58.3 Å². The van der Waals surface area contributed by atoms with Crippen LogP contribution in [0, 0.1) is 11.3 Å². The van der Waals surface area contributed by atoms with Gasteiger partial charge in [-0.05, 0) is 89.8 Å². The Kier molecular flexibility index (Phi) is 10.1. The number of benzene rings is 1. The van der Waals surface area contributed by atoms with Gasteiger partial charge in [0.1, 0.15) is 5.75 Å². The van der Waals surface area contributed by atoms with Crippen molar-refractivity contribution in [2.24, 2.45) is 11.3 Å². The molecule has 7 nitrogen and oxygen atoms in total. The molecule has 2 saturated heterocycles. The van der Waals surface area contributed by atoms with Gasteiger partial charge in [0.25, 0.3) is 0 Å². The van der Waals surface area contributed by atoms with Crippen molar-refractivity contribution in [1.29, 1.82) is 0 Å². The number of piperidine rings is 1. The number of aromatic nitrogens is 1. The van der Waals surface area contributed by atoms with E-state index < -0.39 is 13.4 Å². The zero-order valence-electron chi connectivity index (χ0n) is 24.1. The number of halogens is 4. The van der Waals surface area contributed by atoms with Crippen molar-refractivity contribution in [1.82, 2.24) is 19.6 Å². The first-order valence-electron chi connectivity index (χ1n) is 14.1. The summed E-state index contributed by atoms with van der Waals surface area (Å²) >= 11 is 3.44. The maximum Gasteiger partial charge on any atom is 0.573 e. The van der Waals surface area contributed by atoms with E-state index in [2.05, 4.69) is 51.3 Å². The first-order valence-corrected chi connectivity index (χ1v) is 14.9. The molecule has 0 spiro atoms. The summed E-state index contributed by atoms with van der Waals surface area (Å²) in [5.41, 5.74) is 1.37. The van der Waals surface area contributed by atoms with Crippen molar-refractivity contribution in [3.8, 4) is 5.75 Å². The van der Waals surface area contributed by atoms with Gasteiger partial charge in [-0.15, -0.1) is 13.2 Å². The fourth-order valence-corrected chi connectivity index (χ4v) is 6.18. The van der Waals surface area contributed by atoms with Crippen LogP contribution in [0.4, 0.5) is 13.2 Å². The molecular formula is C29H39BBrF3N4O3. The van der Waals surface area contributed by atoms with Crippen LogP contribution in [0.25, 0.3) is 0 Å². The van der Waals surface area contributed by atoms with Crippen LogP contribution >= 0.6 is 15.9 Å². The number of nitrogens with zero attached hydrogens (tertiary/aromatic N) is 4. The Labute approximate surface area is 249 Å². The Morgan fingerprint density at radius 1 is 1.10 bits per heavy atom. The van der Waals surface area contributed by atoms with Gasteiger partial charge >= 0.3 is 13.4 Å². The predicted molar refractivity (Wildman–Crippen MR) is 156 cm³/mol. The quantitative estimate of drug-likeness (QED) is 0.398. The number of hydrogen-bond acceptors (Lipinski definition) is 6. The molecule has 2 aliphatic heterocycles. The highest BCUT2D eigenvalue weighted by Crippen LogP contribution is 2.36. The summed E-state index contributed by atoms with van der Waals surface area (Å²) < 4.78 is 43.2. The maximum atomic E-state index is 13.7. The van der Waals surface area contributed by atoms with E-state index in [-0.39, 0.29) is 29.2 Å². The molecule has 2 fully saturated rings. The van der Waals surface area contributed by atoms with Crippen LogP contribution < -0.4 is 4.74 Å². The molecule has 2 aliphatic rings. The molecule has 2 atom stereocenters. The molecule has 224 valence electrons. The van der Waals surface area contributed by atoms with Gasteiger partial charge in [0.15, 0.2) is 0 Å². The monoisotopic (exact) mass is 638 g/mol. The van der Waals surface area contributed by atoms with Crippen molar-refractivity contribution >= 4 is 28.9 Å². The summed E-state index contributed by atoms with van der Waals surface area (Å²) in [6.45, 7) is 11.5. The number of hydrogen-bond donors (Lipinski definition) is 1. The minimum atomic E-state index is -4.76. The molecule has 0 aliphatic carbocycles. The van der Waals surface area contributed by atoms with E-state index in [4.69, 9.17) is 0 Å². The summed E-state index contributed by atoms with van der Waals surface area (Å²) in [5, 5.41) is 9.87. The lowest BCUT2D eigenvalue weighted by molar-refractivity contribution is -0.274. The van der Waals surface area contributed by atoms with Crippen molar-refractivity contribution in [2.45, 2.75) is 65.3 Å². The van der Waals surface area contributed by atoms with Gasteiger partial charge in [0.05, 0.1) is 11.7 Å². The highest BCUT2D eigenvalue weighted by Gasteiger charge is 2.41. The van der Waals surface area contributed by atoms with Crippen LogP contribution in [0.3, 0.4) is 0 Å². The van der Waals surface area contributed by atoms with E-state index in [1.807, 2.05) is 21.8 Å². The topological polar surface area (TPSA) is 69.1 Å². The van der Waals surface area contributed by atoms with Gasteiger partial charge in [-0.25, -0.2) is 0 Å². The second kappa shape index (κ2) is 13.0. The molecular weight excluding hydrogens is 600 g/mol. The fourth-order valence-electron chi connectivity index (χ4n) is 5.94. The van der Waals surface area contributed by atoms with Crippen LogP contribution in [0.1, 0.15) is 57.3 Å². The van der Waals surface area contributed by atoms with Crippen molar-refractivity contribution in [2.75, 3.05) is 32.7 Å². The van der Waals surface area contributed by atoms with Crippen LogP contribution in [0.5, 0.6) is 5.75 Å². The third kappa shape index (κ3) is 8.46. The van der Waals surface area contributed by atoms with Crippen LogP contribution in [0.2, 0.25) is 6.82 Å². The van der Waals surface area contributed by atoms with Gasteiger partial charge in [0, 0.05) is 42.8 Å². The smallest absolute Gasteiger partial charge is 0.437 e. The predicted octanol–water partition coefficient (Wildman–Crippen LogP) is 5.60. The first-order chi connectivity index (χ1) is 19.2. The van der Waals surface area contributed by atoms with Gasteiger partial charge in [-0.2, -0.15) is 0 Å². The van der Waals surface area contributed by atoms with E-state index in [9.17, 15) is 23.0 Å². The van der Waals surface area contributed by atoms with Crippen LogP contribution in [-0.4, -0.2) is 82.7 Å². The third-order valence-electron chi connectivity index (χ3n) is 8.20. The molecule has 12 heteroatoms. The van der Waals surface area contributed by atoms with E-state index >= 15 is 0 Å². The van der Waals surface area contributed by atoms with Gasteiger partial charge in [0.2, 0.25) is 5.91 Å². The van der Waals surface area contributed by atoms with Gasteiger partial charge in [-0.3, -0.25) is 14.7 Å². The lowest BCUT2D eigenvalue weighted by Crippen LogP contribution is -2.60. The SMILES string of the molecule is CB(O)N1CCC(CC(=O)N2CCN(C(c3ccc(OC(F)(F)F)cc3)c3ccc(Br)cn3)C[C@@H]2C(C)(C)C)CC1. The van der Waals surface area contributed by atoms with E-state index in [0.29, 0.717) is 32.0 Å². The standard InChI is InChI=1S/C29H39BBrF3N4O3/c1-28(2,3)25-19-36(15-16-38(25)26(39)17-20-11-13-37(14-12-20)30(4)40)27(24-10-7-22(31)18-35-24)21-5-8-23(9-6-21)41-29(32,33)34/h5-10,18,20,25,27,40H,11-17,19H2,1-4H3/t25-,27?/m1/s1. The maximum absolute atomic E-state index is 13.7. The molecule has 4 rings (SSSR count). The summed E-state index contributed by atoms with van der Waals surface area (Å²) in [7, 11) is -0.466. The molecule has 3 heterocycles. The minimum absolute atomic E-state index is 0.0629. The second-order valence-electron chi connectivity index (χ2n) is 12.2. The van der Waals surface area contributed by atoms with Crippen LogP contribution in [-0.2, 0) is 4.79 Å². The Bertz CT molecular complexity index is 1150. The van der Waals surface area contributed by atoms with Crippen LogP contribution in [0.15, 0.2) is 47.1 Å². The average molecular weight is 639 g/mol. The normalized spacial score (nSPS) is 20.6. The Balaban J connectivity index is 1.54. The second-order valence-corrected chi connectivity index (χ2v) is 13.1. The fraction of sp³-hybridized carbons (Fsp3) is 0.586. The number of pyridine rings is 1. The van der Waals surface area contributed by atoms with Gasteiger partial charge in [-0.1, -0.05) is 32.9 Å². The number of alkyl halides is 3. The molecule has 2 aromatic rings. The van der Waals surface area contributed by atoms with E-state index in [0.717, 1.165) is 41.7 Å². The molecule has 1 N–H and O–H groups in total. The lowest BCUT2D eigenvalue weighted by Gasteiger charge is -2.49. The number of amides is 1. The highest BCUT2D eigenvalue weighted by atomic mass is 79.9. The summed E-state index contributed by atoms with van der Waals surface area (Å²) in [5.74, 6) is 0.186. The lowest BCUT2D eigenvalue weighted by atomic mass is 9.80. The molecule has 1 amide bonds. The number of piperazine rings is 1. The molecule has 1 aromatic heterocycles. The van der Waals surface area contributed by atoms with E-state index in [1.54, 1.807) is 25.2 Å². The molecule has 0 radical (unpaired) electrons. The summed E-state index contributed by atoms with van der Waals surface area (Å²) in [4.78, 5) is 24.7. The average Bonchev–Trinajstić information content (AvgIpc) is 2.90. The minimum Gasteiger partial charge on any atom is -0.437 e. The summed E-state index contributed by atoms with van der Waals surface area (Å²) in [6, 6.07) is 9.41. The Morgan fingerprint density at radius 2 is 1.76 bits per heavy atom. The largest absolute Gasteiger partial charge is 0.573 e. The number of rotatable bonds is 7. The molecule has 0 saturated carbocycles. The molecule has 41 heavy (non-hydrogen) atoms. The first kappa shape index (κ1) is 31.8. The van der Waals surface area contributed by atoms with Crippen molar-refractivity contribution in [3.63, 3.8) is 0 Å². The molecule has 1 unspecified atom stereocenters. The molecule has 1 aromatic carbocycles. The zero-order chi connectivity index (χ0) is 29.9. The number of carbonyl (C=O) groups is 1. The third-order valence-corrected chi connectivity index (χ3v) is 8.67. The van der Waals surface area contributed by atoms with Gasteiger partial charge < -0.3 is 19.5 Å². The molecule has 0 bridgehead atoms. The Hall–Kier alpha value is -2.15. The van der Waals surface area contributed by atoms with E-state index in [1.165, 1.54) is 12.1 Å². The summed E-state index contributed by atoms with van der Waals surface area (Å²) in [6.07, 6.45) is -0.762. The number of carbonyl (C=O) groups excluding carboxylic acids is 1. The highest BCUT2D eigenvalue weighted by molar-refractivity contribution is 9.10. The zero-order valence-corrected chi connectivity index (χ0v) is 25.7. The number of ether oxygens (including phenoxy) is 1.